The highest BCUT2D eigenvalue weighted by atomic mass is 16.1. The molecular weight excluding hydrogens is 240 g/mol. The molecule has 1 aromatic carbocycles. The highest BCUT2D eigenvalue weighted by Crippen LogP contribution is 2.15. The predicted molar refractivity (Wildman–Crippen MR) is 77.0 cm³/mol. The zero-order valence-corrected chi connectivity index (χ0v) is 11.6. The maximum Gasteiger partial charge on any atom is 0.251 e. The number of carbonyl (C=O) groups is 1. The first-order chi connectivity index (χ1) is 9.10. The quantitative estimate of drug-likeness (QED) is 0.563. The molecule has 0 aliphatic carbocycles. The standard InChI is InChI=1S/C14H22N4O/c1-10-9-12(17-15)3-4-13(10)14(19)16-11-5-7-18(2)8-6-11/h3-4,9,11,17H,5-8,15H2,1-2H3,(H,16,19). The molecule has 4 N–H and O–H groups in total. The van der Waals surface area contributed by atoms with Crippen LogP contribution >= 0.6 is 0 Å². The van der Waals surface area contributed by atoms with Gasteiger partial charge >= 0.3 is 0 Å². The van der Waals surface area contributed by atoms with Crippen molar-refractivity contribution in [2.45, 2.75) is 25.8 Å². The summed E-state index contributed by atoms with van der Waals surface area (Å²) in [5.74, 6) is 5.36. The Balaban J connectivity index is 2.00. The number of hydrogen-bond acceptors (Lipinski definition) is 4. The summed E-state index contributed by atoms with van der Waals surface area (Å²) in [6, 6.07) is 5.80. The van der Waals surface area contributed by atoms with Crippen LogP contribution in [-0.4, -0.2) is 37.0 Å². The summed E-state index contributed by atoms with van der Waals surface area (Å²) < 4.78 is 0. The van der Waals surface area contributed by atoms with Gasteiger partial charge in [-0.2, -0.15) is 0 Å². The highest BCUT2D eigenvalue weighted by molar-refractivity contribution is 5.96. The van der Waals surface area contributed by atoms with Crippen molar-refractivity contribution < 1.29 is 4.79 Å². The third-order valence-electron chi connectivity index (χ3n) is 3.69. The van der Waals surface area contributed by atoms with Crippen LogP contribution in [0.5, 0.6) is 0 Å². The van der Waals surface area contributed by atoms with E-state index in [1.807, 2.05) is 25.1 Å². The smallest absolute Gasteiger partial charge is 0.251 e. The zero-order chi connectivity index (χ0) is 13.8. The topological polar surface area (TPSA) is 70.4 Å². The minimum absolute atomic E-state index is 0.00984. The lowest BCUT2D eigenvalue weighted by molar-refractivity contribution is 0.0916. The van der Waals surface area contributed by atoms with Crippen LogP contribution in [0.3, 0.4) is 0 Å². The van der Waals surface area contributed by atoms with Crippen molar-refractivity contribution >= 4 is 11.6 Å². The van der Waals surface area contributed by atoms with Crippen LogP contribution in [-0.2, 0) is 0 Å². The van der Waals surface area contributed by atoms with Crippen molar-refractivity contribution in [2.24, 2.45) is 5.84 Å². The molecule has 0 radical (unpaired) electrons. The normalized spacial score (nSPS) is 17.2. The van der Waals surface area contributed by atoms with Gasteiger partial charge in [0.25, 0.3) is 5.91 Å². The lowest BCUT2D eigenvalue weighted by atomic mass is 10.0. The van der Waals surface area contributed by atoms with Crippen LogP contribution in [0.4, 0.5) is 5.69 Å². The van der Waals surface area contributed by atoms with E-state index in [1.54, 1.807) is 0 Å². The van der Waals surface area contributed by atoms with Crippen molar-refractivity contribution in [1.29, 1.82) is 0 Å². The maximum absolute atomic E-state index is 12.2. The Morgan fingerprint density at radius 2 is 2.05 bits per heavy atom. The summed E-state index contributed by atoms with van der Waals surface area (Å²) in [5, 5.41) is 3.12. The van der Waals surface area contributed by atoms with Gasteiger partial charge in [0, 0.05) is 17.3 Å². The molecule has 1 saturated heterocycles. The van der Waals surface area contributed by atoms with E-state index in [9.17, 15) is 4.79 Å². The number of rotatable bonds is 3. The number of likely N-dealkylation sites (tertiary alicyclic amines) is 1. The number of amides is 1. The first-order valence-electron chi connectivity index (χ1n) is 6.67. The molecule has 2 rings (SSSR count). The number of hydrazine groups is 1. The van der Waals surface area contributed by atoms with Crippen molar-refractivity contribution in [1.82, 2.24) is 10.2 Å². The van der Waals surface area contributed by atoms with Crippen LogP contribution in [0, 0.1) is 6.92 Å². The Morgan fingerprint density at radius 3 is 2.63 bits per heavy atom. The number of benzene rings is 1. The summed E-state index contributed by atoms with van der Waals surface area (Å²) in [5.41, 5.74) is 5.05. The van der Waals surface area contributed by atoms with Gasteiger partial charge in [0.1, 0.15) is 0 Å². The lowest BCUT2D eigenvalue weighted by Crippen LogP contribution is -2.43. The molecule has 1 aliphatic heterocycles. The molecule has 1 fully saturated rings. The second-order valence-electron chi connectivity index (χ2n) is 5.23. The Bertz CT molecular complexity index is 453. The van der Waals surface area contributed by atoms with E-state index in [0.29, 0.717) is 0 Å². The van der Waals surface area contributed by atoms with E-state index < -0.39 is 0 Å². The van der Waals surface area contributed by atoms with E-state index in [-0.39, 0.29) is 11.9 Å². The summed E-state index contributed by atoms with van der Waals surface area (Å²) in [7, 11) is 2.11. The fourth-order valence-electron chi connectivity index (χ4n) is 2.42. The van der Waals surface area contributed by atoms with Gasteiger partial charge < -0.3 is 15.6 Å². The molecule has 0 unspecified atom stereocenters. The third kappa shape index (κ3) is 3.45. The molecule has 0 atom stereocenters. The number of nitrogen functional groups attached to an aromatic ring is 1. The predicted octanol–water partition coefficient (Wildman–Crippen LogP) is 1.10. The monoisotopic (exact) mass is 262 g/mol. The molecule has 0 spiro atoms. The Labute approximate surface area is 114 Å². The number of nitrogens with one attached hydrogen (secondary N) is 2. The molecule has 5 heteroatoms. The van der Waals surface area contributed by atoms with Crippen LogP contribution in [0.1, 0.15) is 28.8 Å². The number of hydrogen-bond donors (Lipinski definition) is 3. The Hall–Kier alpha value is -1.59. The van der Waals surface area contributed by atoms with Gasteiger partial charge in [-0.1, -0.05) is 0 Å². The average Bonchev–Trinajstić information content (AvgIpc) is 2.41. The van der Waals surface area contributed by atoms with Crippen LogP contribution < -0.4 is 16.6 Å². The summed E-state index contributed by atoms with van der Waals surface area (Å²) in [6.45, 7) is 4.00. The molecule has 1 amide bonds. The number of nitrogens with two attached hydrogens (primary N) is 1. The molecule has 5 nitrogen and oxygen atoms in total. The van der Waals surface area contributed by atoms with E-state index in [1.165, 1.54) is 0 Å². The van der Waals surface area contributed by atoms with Crippen LogP contribution in [0.2, 0.25) is 0 Å². The van der Waals surface area contributed by atoms with Crippen LogP contribution in [0.25, 0.3) is 0 Å². The van der Waals surface area contributed by atoms with Crippen molar-refractivity contribution in [3.05, 3.63) is 29.3 Å². The minimum atomic E-state index is 0.00984. The number of anilines is 1. The maximum atomic E-state index is 12.2. The first kappa shape index (κ1) is 13.8. The summed E-state index contributed by atoms with van der Waals surface area (Å²) >= 11 is 0. The molecule has 1 aliphatic rings. The number of carbonyl (C=O) groups excluding carboxylic acids is 1. The van der Waals surface area contributed by atoms with Crippen molar-refractivity contribution in [3.63, 3.8) is 0 Å². The van der Waals surface area contributed by atoms with E-state index >= 15 is 0 Å². The average molecular weight is 262 g/mol. The zero-order valence-electron chi connectivity index (χ0n) is 11.6. The van der Waals surface area contributed by atoms with Crippen molar-refractivity contribution in [3.8, 4) is 0 Å². The minimum Gasteiger partial charge on any atom is -0.349 e. The first-order valence-corrected chi connectivity index (χ1v) is 6.67. The second kappa shape index (κ2) is 6.04. The molecule has 1 aromatic rings. The van der Waals surface area contributed by atoms with Gasteiger partial charge in [-0.05, 0) is 63.7 Å². The van der Waals surface area contributed by atoms with E-state index in [2.05, 4.69) is 22.7 Å². The number of piperidine rings is 1. The summed E-state index contributed by atoms with van der Waals surface area (Å²) in [4.78, 5) is 14.5. The number of aryl methyl sites for hydroxylation is 1. The van der Waals surface area contributed by atoms with E-state index in [0.717, 1.165) is 42.7 Å². The molecule has 0 aromatic heterocycles. The van der Waals surface area contributed by atoms with Gasteiger partial charge in [-0.25, -0.2) is 0 Å². The fourth-order valence-corrected chi connectivity index (χ4v) is 2.42. The second-order valence-corrected chi connectivity index (χ2v) is 5.23. The van der Waals surface area contributed by atoms with E-state index in [4.69, 9.17) is 5.84 Å². The fraction of sp³-hybridized carbons (Fsp3) is 0.500. The van der Waals surface area contributed by atoms with Gasteiger partial charge in [0.05, 0.1) is 0 Å². The van der Waals surface area contributed by atoms with Gasteiger partial charge in [-0.15, -0.1) is 0 Å². The Kier molecular flexibility index (Phi) is 4.39. The molecular formula is C14H22N4O. The number of nitrogens with zero attached hydrogens (tertiary/aromatic N) is 1. The van der Waals surface area contributed by atoms with Gasteiger partial charge in [0.2, 0.25) is 0 Å². The Morgan fingerprint density at radius 1 is 1.37 bits per heavy atom. The third-order valence-corrected chi connectivity index (χ3v) is 3.69. The SMILES string of the molecule is Cc1cc(NN)ccc1C(=O)NC1CCN(C)CC1. The highest BCUT2D eigenvalue weighted by Gasteiger charge is 2.19. The molecule has 19 heavy (non-hydrogen) atoms. The van der Waals surface area contributed by atoms with Gasteiger partial charge in [-0.3, -0.25) is 10.6 Å². The summed E-state index contributed by atoms with van der Waals surface area (Å²) in [6.07, 6.45) is 2.04. The largest absolute Gasteiger partial charge is 0.349 e. The molecule has 104 valence electrons. The van der Waals surface area contributed by atoms with Crippen LogP contribution in [0.15, 0.2) is 18.2 Å². The van der Waals surface area contributed by atoms with Gasteiger partial charge in [0.15, 0.2) is 0 Å². The van der Waals surface area contributed by atoms with Crippen molar-refractivity contribution in [2.75, 3.05) is 25.6 Å². The molecule has 1 heterocycles. The molecule has 0 saturated carbocycles. The lowest BCUT2D eigenvalue weighted by Gasteiger charge is -2.29. The molecule has 0 bridgehead atoms.